The molecule has 1 aromatic rings. The van der Waals surface area contributed by atoms with Gasteiger partial charge in [-0.25, -0.2) is 4.79 Å². The molecule has 250 valence electrons. The van der Waals surface area contributed by atoms with E-state index in [-0.39, 0.29) is 22.8 Å². The van der Waals surface area contributed by atoms with Gasteiger partial charge >= 0.3 is 5.97 Å². The Kier molecular flexibility index (Phi) is 23.8. The van der Waals surface area contributed by atoms with Crippen LogP contribution in [0.1, 0.15) is 185 Å². The van der Waals surface area contributed by atoms with Crippen LogP contribution in [0.2, 0.25) is 0 Å². The third-order valence-electron chi connectivity index (χ3n) is 8.16. The molecule has 0 spiro atoms. The topological polar surface area (TPSA) is 85.2 Å². The molecule has 0 aliphatic carbocycles. The van der Waals surface area contributed by atoms with Crippen molar-refractivity contribution < 1.29 is 29.2 Å². The van der Waals surface area contributed by atoms with Gasteiger partial charge in [0.25, 0.3) is 0 Å². The molecule has 0 saturated heterocycles. The molecule has 6 nitrogen and oxygen atoms in total. The normalized spacial score (nSPS) is 11.2. The van der Waals surface area contributed by atoms with Crippen LogP contribution in [-0.4, -0.2) is 36.0 Å². The number of rotatable bonds is 30. The number of carboxylic acids is 1. The quantitative estimate of drug-likeness (QED) is 0.0847. The average Bonchev–Trinajstić information content (AvgIpc) is 2.99. The number of aromatic hydroxyl groups is 1. The highest BCUT2D eigenvalue weighted by Gasteiger charge is 2.31. The fourth-order valence-corrected chi connectivity index (χ4v) is 5.49. The summed E-state index contributed by atoms with van der Waals surface area (Å²) in [7, 11) is 0. The number of phenols is 1. The summed E-state index contributed by atoms with van der Waals surface area (Å²) < 4.78 is 18.7. The molecule has 0 bridgehead atoms. The number of ether oxygens (including phenoxy) is 3. The Balaban J connectivity index is 3.20. The fraction of sp³-hybridized carbons (Fsp3) is 0.811. The zero-order valence-corrected chi connectivity index (χ0v) is 28.4. The average molecular weight is 607 g/mol. The van der Waals surface area contributed by atoms with Crippen LogP contribution in [0.5, 0.6) is 23.0 Å². The fourth-order valence-electron chi connectivity index (χ4n) is 5.49. The largest absolute Gasteiger partial charge is 0.504 e. The molecule has 1 rings (SSSR count). The van der Waals surface area contributed by atoms with Gasteiger partial charge in [-0.15, -0.1) is 0 Å². The second-order valence-corrected chi connectivity index (χ2v) is 12.2. The lowest BCUT2D eigenvalue weighted by molar-refractivity contribution is 0.0686. The zero-order chi connectivity index (χ0) is 31.5. The van der Waals surface area contributed by atoms with Gasteiger partial charge in [0.15, 0.2) is 28.6 Å². The maximum absolute atomic E-state index is 12.5. The van der Waals surface area contributed by atoms with E-state index in [0.29, 0.717) is 32.0 Å². The van der Waals surface area contributed by atoms with Gasteiger partial charge in [-0.05, 0) is 32.1 Å². The van der Waals surface area contributed by atoms with E-state index < -0.39 is 5.97 Å². The van der Waals surface area contributed by atoms with Crippen LogP contribution in [0, 0.1) is 0 Å². The Hall–Kier alpha value is -2.11. The number of benzene rings is 1. The molecule has 6 heteroatoms. The zero-order valence-electron chi connectivity index (χ0n) is 28.4. The van der Waals surface area contributed by atoms with E-state index in [0.717, 1.165) is 69.8 Å². The number of unbranched alkanes of at least 4 members (excludes halogenated alkanes) is 18. The summed E-state index contributed by atoms with van der Waals surface area (Å²) in [6, 6.07) is 0. The van der Waals surface area contributed by atoms with Crippen molar-refractivity contribution in [1.82, 2.24) is 0 Å². The van der Waals surface area contributed by atoms with Crippen LogP contribution in [-0.2, 0) is 6.42 Å². The SMILES string of the molecule is CCCCCCCCCCOc1c(O)c(C(=O)O)c(OCCCCC)c(OCCCCC)c1CCCCCCCCCC. The molecule has 1 aromatic carbocycles. The molecule has 0 amide bonds. The molecule has 0 aliphatic rings. The summed E-state index contributed by atoms with van der Waals surface area (Å²) in [5.74, 6) is -0.664. The Morgan fingerprint density at radius 2 is 0.837 bits per heavy atom. The van der Waals surface area contributed by atoms with E-state index >= 15 is 0 Å². The summed E-state index contributed by atoms with van der Waals surface area (Å²) >= 11 is 0. The maximum atomic E-state index is 12.5. The van der Waals surface area contributed by atoms with Gasteiger partial charge in [0.1, 0.15) is 0 Å². The highest BCUT2D eigenvalue weighted by molar-refractivity contribution is 5.97. The van der Waals surface area contributed by atoms with Gasteiger partial charge in [-0.3, -0.25) is 0 Å². The van der Waals surface area contributed by atoms with Crippen molar-refractivity contribution >= 4 is 5.97 Å². The summed E-state index contributed by atoms with van der Waals surface area (Å²) in [5, 5.41) is 21.6. The van der Waals surface area contributed by atoms with E-state index in [4.69, 9.17) is 14.2 Å². The van der Waals surface area contributed by atoms with Crippen molar-refractivity contribution in [3.63, 3.8) is 0 Å². The highest BCUT2D eigenvalue weighted by atomic mass is 16.5. The van der Waals surface area contributed by atoms with Crippen molar-refractivity contribution in [2.75, 3.05) is 19.8 Å². The van der Waals surface area contributed by atoms with Crippen molar-refractivity contribution in [3.05, 3.63) is 11.1 Å². The minimum absolute atomic E-state index is 0.159. The molecule has 0 aliphatic heterocycles. The van der Waals surface area contributed by atoms with Gasteiger partial charge in [-0.2, -0.15) is 0 Å². The Labute approximate surface area is 264 Å². The monoisotopic (exact) mass is 606 g/mol. The van der Waals surface area contributed by atoms with Crippen molar-refractivity contribution in [2.45, 2.75) is 175 Å². The predicted octanol–water partition coefficient (Wildman–Crippen LogP) is 11.4. The van der Waals surface area contributed by atoms with E-state index in [1.54, 1.807) is 0 Å². The molecule has 0 fully saturated rings. The summed E-state index contributed by atoms with van der Waals surface area (Å²) in [5.41, 5.74) is 0.516. The Morgan fingerprint density at radius 3 is 1.30 bits per heavy atom. The third-order valence-corrected chi connectivity index (χ3v) is 8.16. The number of aromatic carboxylic acids is 1. The smallest absolute Gasteiger partial charge is 0.343 e. The van der Waals surface area contributed by atoms with Gasteiger partial charge in [0, 0.05) is 5.56 Å². The summed E-state index contributed by atoms with van der Waals surface area (Å²) in [4.78, 5) is 12.5. The number of carboxylic acid groups (broad SMARTS) is 1. The minimum Gasteiger partial charge on any atom is -0.504 e. The van der Waals surface area contributed by atoms with E-state index in [1.807, 2.05) is 0 Å². The summed E-state index contributed by atoms with van der Waals surface area (Å²) in [6.45, 7) is 10.0. The highest BCUT2D eigenvalue weighted by Crippen LogP contribution is 2.49. The second-order valence-electron chi connectivity index (χ2n) is 12.2. The Morgan fingerprint density at radius 1 is 0.488 bits per heavy atom. The lowest BCUT2D eigenvalue weighted by Gasteiger charge is -2.23. The molecule has 43 heavy (non-hydrogen) atoms. The number of carbonyl (C=O) groups is 1. The first-order chi connectivity index (χ1) is 21.0. The predicted molar refractivity (Wildman–Crippen MR) is 180 cm³/mol. The molecular formula is C37H66O6. The first-order valence-corrected chi connectivity index (χ1v) is 18.1. The second kappa shape index (κ2) is 26.3. The molecule has 0 saturated carbocycles. The van der Waals surface area contributed by atoms with Crippen LogP contribution in [0.4, 0.5) is 0 Å². The first-order valence-electron chi connectivity index (χ1n) is 18.1. The van der Waals surface area contributed by atoms with Gasteiger partial charge in [0.05, 0.1) is 19.8 Å². The van der Waals surface area contributed by atoms with E-state index in [9.17, 15) is 15.0 Å². The molecular weight excluding hydrogens is 540 g/mol. The molecule has 0 radical (unpaired) electrons. The van der Waals surface area contributed by atoms with Crippen LogP contribution in [0.25, 0.3) is 0 Å². The van der Waals surface area contributed by atoms with Crippen LogP contribution in [0.3, 0.4) is 0 Å². The van der Waals surface area contributed by atoms with Gasteiger partial charge < -0.3 is 24.4 Å². The Bertz CT molecular complexity index is 837. The van der Waals surface area contributed by atoms with Crippen molar-refractivity contribution in [2.24, 2.45) is 0 Å². The lowest BCUT2D eigenvalue weighted by atomic mass is 9.99. The minimum atomic E-state index is -1.23. The maximum Gasteiger partial charge on any atom is 0.343 e. The number of hydrogen-bond donors (Lipinski definition) is 2. The molecule has 0 atom stereocenters. The molecule has 0 aromatic heterocycles. The third kappa shape index (κ3) is 16.5. The molecule has 0 heterocycles. The van der Waals surface area contributed by atoms with Crippen LogP contribution in [0.15, 0.2) is 0 Å². The lowest BCUT2D eigenvalue weighted by Crippen LogP contribution is -2.13. The first kappa shape index (κ1) is 38.9. The van der Waals surface area contributed by atoms with Gasteiger partial charge in [0.2, 0.25) is 0 Å². The van der Waals surface area contributed by atoms with Crippen molar-refractivity contribution in [1.29, 1.82) is 0 Å². The van der Waals surface area contributed by atoms with E-state index in [2.05, 4.69) is 27.7 Å². The standard InChI is InChI=1S/C37H66O6/c1-5-9-13-15-17-19-21-23-27-31-34(41-30-26-22-20-18-16-14-10-6-2)33(38)32(37(39)40)36(43-29-25-12-8-4)35(31)42-28-24-11-7-3/h38H,5-30H2,1-4H3,(H,39,40). The van der Waals surface area contributed by atoms with E-state index in [1.165, 1.54) is 77.0 Å². The molecule has 2 N–H and O–H groups in total. The summed E-state index contributed by atoms with van der Waals surface area (Å²) in [6.07, 6.45) is 25.5. The van der Waals surface area contributed by atoms with Crippen LogP contribution < -0.4 is 14.2 Å². The molecule has 0 unspecified atom stereocenters. The van der Waals surface area contributed by atoms with Crippen molar-refractivity contribution in [3.8, 4) is 23.0 Å². The van der Waals surface area contributed by atoms with Crippen LogP contribution >= 0.6 is 0 Å². The van der Waals surface area contributed by atoms with Gasteiger partial charge in [-0.1, -0.05) is 143 Å². The number of hydrogen-bond acceptors (Lipinski definition) is 5.